The van der Waals surface area contributed by atoms with Crippen molar-refractivity contribution in [2.24, 2.45) is 0 Å². The molecule has 0 saturated heterocycles. The number of rotatable bonds is 5. The van der Waals surface area contributed by atoms with E-state index in [-0.39, 0.29) is 5.82 Å². The third-order valence-electron chi connectivity index (χ3n) is 4.00. The van der Waals surface area contributed by atoms with Crippen molar-refractivity contribution in [2.45, 2.75) is 26.7 Å². The maximum absolute atomic E-state index is 13.2. The number of hydrogen-bond acceptors (Lipinski definition) is 4. The average Bonchev–Trinajstić information content (AvgIpc) is 3.26. The molecule has 36 heavy (non-hydrogen) atoms. The first-order valence-electron chi connectivity index (χ1n) is 9.67. The highest BCUT2D eigenvalue weighted by molar-refractivity contribution is 9.10. The molecule has 1 aromatic heterocycles. The smallest absolute Gasteiger partial charge is 0.139 e. The summed E-state index contributed by atoms with van der Waals surface area (Å²) in [7, 11) is 18.1. The van der Waals surface area contributed by atoms with Gasteiger partial charge in [0, 0.05) is 136 Å². The maximum atomic E-state index is 13.2. The molecular formula is C18H18BrFN2OS13. The van der Waals surface area contributed by atoms with Gasteiger partial charge in [-0.2, -0.15) is 0 Å². The summed E-state index contributed by atoms with van der Waals surface area (Å²) < 4.78 is 19.7. The van der Waals surface area contributed by atoms with E-state index in [1.54, 1.807) is 86.0 Å². The van der Waals surface area contributed by atoms with Crippen LogP contribution in [0.5, 0.6) is 5.75 Å². The van der Waals surface area contributed by atoms with Crippen molar-refractivity contribution >= 4 is 147 Å². The Morgan fingerprint density at radius 1 is 0.944 bits per heavy atom. The highest BCUT2D eigenvalue weighted by Gasteiger charge is 2.11. The zero-order valence-electron chi connectivity index (χ0n) is 18.4. The van der Waals surface area contributed by atoms with Gasteiger partial charge in [-0.3, -0.25) is 0 Å². The van der Waals surface area contributed by atoms with Crippen LogP contribution in [0.3, 0.4) is 0 Å². The van der Waals surface area contributed by atoms with E-state index >= 15 is 0 Å². The Bertz CT molecular complexity index is 1640. The summed E-state index contributed by atoms with van der Waals surface area (Å²) in [5, 5.41) is 0. The van der Waals surface area contributed by atoms with Crippen LogP contribution in [-0.4, -0.2) is 16.6 Å². The number of benzene rings is 2. The molecule has 0 aliphatic carbocycles. The van der Waals surface area contributed by atoms with Gasteiger partial charge in [0.25, 0.3) is 0 Å². The topological polar surface area (TPSA) is 37.9 Å². The van der Waals surface area contributed by atoms with Crippen LogP contribution in [0, 0.1) is 12.7 Å². The molecule has 2 aromatic carbocycles. The fraction of sp³-hybridized carbons (Fsp3) is 0.278. The molecule has 0 atom stereocenters. The number of imidazole rings is 1. The van der Waals surface area contributed by atoms with Gasteiger partial charge in [-0.05, 0) is 59.1 Å². The third-order valence-corrected chi connectivity index (χ3v) is 26.9. The molecule has 0 spiro atoms. The van der Waals surface area contributed by atoms with Crippen molar-refractivity contribution in [3.63, 3.8) is 0 Å². The van der Waals surface area contributed by atoms with Gasteiger partial charge in [0.15, 0.2) is 0 Å². The van der Waals surface area contributed by atoms with Crippen LogP contribution in [0.2, 0.25) is 0 Å². The van der Waals surface area contributed by atoms with Crippen molar-refractivity contribution in [1.29, 1.82) is 0 Å². The van der Waals surface area contributed by atoms with Crippen LogP contribution in [0.1, 0.15) is 25.3 Å². The van der Waals surface area contributed by atoms with E-state index in [1.165, 1.54) is 29.9 Å². The van der Waals surface area contributed by atoms with Crippen molar-refractivity contribution in [3.05, 3.63) is 46.2 Å². The summed E-state index contributed by atoms with van der Waals surface area (Å²) >= 11 is 12.8. The molecular weight excluding hydrogens is 776 g/mol. The lowest BCUT2D eigenvalue weighted by atomic mass is 10.2. The molecule has 1 heterocycles. The first-order valence-corrected chi connectivity index (χ1v) is 26.5. The fourth-order valence-corrected chi connectivity index (χ4v) is 27.8. The SMILES string of the molecule is CCCCOc1cc2nc(-c3ccc(F)cc3Br)[nH]c2cc1C.S=S=S=S=S=S=S=S=S=S=S=S=S. The predicted molar refractivity (Wildman–Crippen MR) is 190 cm³/mol. The summed E-state index contributed by atoms with van der Waals surface area (Å²) in [5.74, 6) is 1.29. The first kappa shape index (κ1) is 33.2. The van der Waals surface area contributed by atoms with E-state index in [0.717, 1.165) is 40.8 Å². The Morgan fingerprint density at radius 3 is 2.11 bits per heavy atom. The molecule has 0 bridgehead atoms. The summed E-state index contributed by atoms with van der Waals surface area (Å²) in [4.78, 5) is 7.90. The largest absolute Gasteiger partial charge is 0.493 e. The predicted octanol–water partition coefficient (Wildman–Crippen LogP) is 5.59. The molecule has 0 saturated carbocycles. The van der Waals surface area contributed by atoms with Crippen molar-refractivity contribution in [2.75, 3.05) is 6.61 Å². The van der Waals surface area contributed by atoms with Crippen molar-refractivity contribution < 1.29 is 9.13 Å². The second kappa shape index (κ2) is 19.9. The van der Waals surface area contributed by atoms with E-state index in [2.05, 4.69) is 32.8 Å². The van der Waals surface area contributed by atoms with Gasteiger partial charge < -0.3 is 9.72 Å². The molecule has 3 rings (SSSR count). The molecule has 0 aliphatic heterocycles. The van der Waals surface area contributed by atoms with Crippen LogP contribution in [0.15, 0.2) is 34.8 Å². The minimum Gasteiger partial charge on any atom is -0.493 e. The van der Waals surface area contributed by atoms with E-state index in [0.29, 0.717) is 16.9 Å². The number of nitrogens with zero attached hydrogens (tertiary/aromatic N) is 1. The minimum absolute atomic E-state index is 0.279. The number of halogens is 2. The van der Waals surface area contributed by atoms with E-state index in [9.17, 15) is 4.39 Å². The summed E-state index contributed by atoms with van der Waals surface area (Å²) in [5.41, 5.74) is 3.68. The van der Waals surface area contributed by atoms with Crippen molar-refractivity contribution in [1.82, 2.24) is 9.97 Å². The van der Waals surface area contributed by atoms with Crippen LogP contribution in [-0.2, 0) is 120 Å². The zero-order chi connectivity index (χ0) is 26.2. The quantitative estimate of drug-likeness (QED) is 0.343. The Labute approximate surface area is 259 Å². The molecule has 3 aromatic rings. The lowest BCUT2D eigenvalue weighted by Gasteiger charge is -2.08. The number of fused-ring (bicyclic) bond motifs is 1. The monoisotopic (exact) mass is 792 g/mol. The number of nitrogens with one attached hydrogen (secondary N) is 1. The van der Waals surface area contributed by atoms with Crippen molar-refractivity contribution in [3.8, 4) is 17.1 Å². The van der Waals surface area contributed by atoms with Gasteiger partial charge in [0.05, 0.1) is 17.6 Å². The third kappa shape index (κ3) is 12.4. The van der Waals surface area contributed by atoms with Gasteiger partial charge >= 0.3 is 0 Å². The van der Waals surface area contributed by atoms with Gasteiger partial charge in [-0.25, -0.2) is 9.37 Å². The second-order valence-electron chi connectivity index (χ2n) is 6.29. The van der Waals surface area contributed by atoms with Crippen LogP contribution < -0.4 is 4.74 Å². The van der Waals surface area contributed by atoms with E-state index in [4.69, 9.17) is 27.1 Å². The summed E-state index contributed by atoms with van der Waals surface area (Å²) in [6, 6.07) is 8.57. The standard InChI is InChI=1S/C18H18BrFN2O.S13/c1-3-4-7-23-17-10-16-15(8-11(17)2)21-18(22-16)13-6-5-12(20)9-14(13)19;1-3-5-7-9-11-13-12-10-8-6-4-2/h5-6,8-10H,3-4,7H2,1-2H3,(H,21,22);. The minimum atomic E-state index is -0.279. The molecule has 0 aliphatic rings. The molecule has 0 unspecified atom stereocenters. The Balaban J connectivity index is 0.000000302. The normalized spacial score (nSPS) is 9.67. The van der Waals surface area contributed by atoms with Crippen LogP contribution in [0.4, 0.5) is 4.39 Å². The van der Waals surface area contributed by atoms with E-state index in [1.807, 2.05) is 19.1 Å². The highest BCUT2D eigenvalue weighted by atomic mass is 79.9. The lowest BCUT2D eigenvalue weighted by molar-refractivity contribution is 0.308. The molecule has 18 heteroatoms. The Morgan fingerprint density at radius 2 is 1.56 bits per heavy atom. The second-order valence-corrected chi connectivity index (χ2v) is 26.6. The average molecular weight is 794 g/mol. The molecule has 0 radical (unpaired) electrons. The molecule has 198 valence electrons. The highest BCUT2D eigenvalue weighted by Crippen LogP contribution is 2.31. The maximum Gasteiger partial charge on any atom is 0.139 e. The van der Waals surface area contributed by atoms with Gasteiger partial charge in [0.1, 0.15) is 17.4 Å². The number of H-pyrrole nitrogens is 1. The number of aromatic nitrogens is 2. The number of unbranched alkanes of at least 4 members (excludes halogenated alkanes) is 1. The van der Waals surface area contributed by atoms with Crippen LogP contribution >= 0.6 is 15.9 Å². The first-order chi connectivity index (χ1) is 17.5. The number of ether oxygens (including phenoxy) is 1. The lowest BCUT2D eigenvalue weighted by Crippen LogP contribution is -1.98. The molecule has 1 N–H and O–H groups in total. The summed E-state index contributed by atoms with van der Waals surface area (Å²) in [6.07, 6.45) is 2.14. The van der Waals surface area contributed by atoms with Gasteiger partial charge in [-0.15, -0.1) is 0 Å². The number of aromatic amines is 1. The number of aryl methyl sites for hydroxylation is 1. The van der Waals surface area contributed by atoms with E-state index < -0.39 is 0 Å². The molecule has 0 amide bonds. The molecule has 0 fully saturated rings. The Hall–Kier alpha value is 0.980. The zero-order valence-corrected chi connectivity index (χ0v) is 30.6. The Kier molecular flexibility index (Phi) is 18.4. The summed E-state index contributed by atoms with van der Waals surface area (Å²) in [6.45, 7) is 4.87. The molecule has 3 nitrogen and oxygen atoms in total. The van der Waals surface area contributed by atoms with Gasteiger partial charge in [0.2, 0.25) is 0 Å². The van der Waals surface area contributed by atoms with Crippen LogP contribution in [0.25, 0.3) is 22.4 Å². The van der Waals surface area contributed by atoms with Gasteiger partial charge in [-0.1, -0.05) is 13.3 Å². The fourth-order valence-electron chi connectivity index (χ4n) is 2.54. The number of hydrogen-bond donors (Lipinski definition) is 1.